The van der Waals surface area contributed by atoms with E-state index < -0.39 is 16.8 Å². The maximum absolute atomic E-state index is 14.4. The molecule has 3 heterocycles. The topological polar surface area (TPSA) is 93.7 Å². The predicted molar refractivity (Wildman–Crippen MR) is 119 cm³/mol. The second-order valence-corrected chi connectivity index (χ2v) is 8.14. The van der Waals surface area contributed by atoms with Crippen LogP contribution in [0.2, 0.25) is 0 Å². The minimum absolute atomic E-state index is 0.235. The van der Waals surface area contributed by atoms with E-state index >= 15 is 0 Å². The number of rotatable bonds is 7. The monoisotopic (exact) mass is 456 g/mol. The molecule has 166 valence electrons. The summed E-state index contributed by atoms with van der Waals surface area (Å²) in [7, 11) is -0.233. The van der Waals surface area contributed by atoms with Crippen LogP contribution in [0.4, 0.5) is 15.8 Å². The Morgan fingerprint density at radius 2 is 2.00 bits per heavy atom. The first kappa shape index (κ1) is 21.8. The van der Waals surface area contributed by atoms with Crippen molar-refractivity contribution >= 4 is 28.6 Å². The summed E-state index contributed by atoms with van der Waals surface area (Å²) < 4.78 is 41.1. The number of benzene rings is 1. The molecule has 1 aliphatic heterocycles. The van der Waals surface area contributed by atoms with Gasteiger partial charge in [-0.05, 0) is 30.3 Å². The number of pyridine rings is 2. The van der Waals surface area contributed by atoms with Crippen molar-refractivity contribution < 1.29 is 22.9 Å². The number of anilines is 2. The lowest BCUT2D eigenvalue weighted by atomic mass is 10.1. The van der Waals surface area contributed by atoms with Gasteiger partial charge in [0.2, 0.25) is 5.88 Å². The van der Waals surface area contributed by atoms with Crippen molar-refractivity contribution in [2.45, 2.75) is 4.90 Å². The van der Waals surface area contributed by atoms with Crippen LogP contribution in [0.25, 0.3) is 11.3 Å². The fourth-order valence-electron chi connectivity index (χ4n) is 3.32. The summed E-state index contributed by atoms with van der Waals surface area (Å²) in [5, 5.41) is 0. The van der Waals surface area contributed by atoms with Gasteiger partial charge in [-0.2, -0.15) is 0 Å². The second kappa shape index (κ2) is 9.84. The van der Waals surface area contributed by atoms with E-state index in [9.17, 15) is 13.4 Å². The van der Waals surface area contributed by atoms with Gasteiger partial charge >= 0.3 is 0 Å². The van der Waals surface area contributed by atoms with Crippen molar-refractivity contribution in [3.05, 3.63) is 60.2 Å². The molecule has 1 N–H and O–H groups in total. The van der Waals surface area contributed by atoms with E-state index in [1.165, 1.54) is 25.4 Å². The average Bonchev–Trinajstić information content (AvgIpc) is 2.84. The zero-order chi connectivity index (χ0) is 22.5. The van der Waals surface area contributed by atoms with Crippen LogP contribution in [0.3, 0.4) is 0 Å². The molecule has 10 heteroatoms. The van der Waals surface area contributed by atoms with Crippen molar-refractivity contribution in [1.29, 1.82) is 0 Å². The quantitative estimate of drug-likeness (QED) is 0.546. The minimum Gasteiger partial charge on any atom is -0.480 e. The Labute approximate surface area is 187 Å². The largest absolute Gasteiger partial charge is 0.480 e. The molecule has 0 bridgehead atoms. The van der Waals surface area contributed by atoms with Crippen molar-refractivity contribution in [2.24, 2.45) is 0 Å². The Balaban J connectivity index is 1.59. The highest BCUT2D eigenvalue weighted by Crippen LogP contribution is 2.28. The molecular formula is C22H21FN4O4S. The smallest absolute Gasteiger partial charge is 0.231 e. The Kier molecular flexibility index (Phi) is 6.72. The van der Waals surface area contributed by atoms with Gasteiger partial charge in [-0.15, -0.1) is 0 Å². The molecule has 8 nitrogen and oxygen atoms in total. The van der Waals surface area contributed by atoms with E-state index in [2.05, 4.69) is 19.6 Å². The first-order valence-electron chi connectivity index (χ1n) is 9.85. The van der Waals surface area contributed by atoms with Crippen LogP contribution in [-0.2, 0) is 15.7 Å². The maximum Gasteiger partial charge on any atom is 0.231 e. The minimum atomic E-state index is -1.70. The highest BCUT2D eigenvalue weighted by Gasteiger charge is 2.18. The summed E-state index contributed by atoms with van der Waals surface area (Å²) in [6.45, 7) is 2.67. The van der Waals surface area contributed by atoms with Gasteiger partial charge in [0, 0.05) is 30.4 Å². The molecule has 1 saturated heterocycles. The normalized spacial score (nSPS) is 14.6. The zero-order valence-corrected chi connectivity index (χ0v) is 18.1. The summed E-state index contributed by atoms with van der Waals surface area (Å²) in [5.74, 6) is -0.318. The molecule has 4 rings (SSSR count). The van der Waals surface area contributed by atoms with E-state index in [-0.39, 0.29) is 17.0 Å². The zero-order valence-electron chi connectivity index (χ0n) is 17.3. The van der Waals surface area contributed by atoms with Gasteiger partial charge in [0.15, 0.2) is 11.0 Å². The highest BCUT2D eigenvalue weighted by atomic mass is 32.2. The van der Waals surface area contributed by atoms with Crippen LogP contribution in [0.5, 0.6) is 5.88 Å². The van der Waals surface area contributed by atoms with Crippen molar-refractivity contribution in [2.75, 3.05) is 43.0 Å². The van der Waals surface area contributed by atoms with Crippen molar-refractivity contribution in [3.8, 4) is 17.1 Å². The predicted octanol–water partition coefficient (Wildman–Crippen LogP) is 3.08. The number of nitrogens with one attached hydrogen (secondary N) is 1. The number of methoxy groups -OCH3 is 1. The Bertz CT molecular complexity index is 1150. The van der Waals surface area contributed by atoms with Gasteiger partial charge in [0.25, 0.3) is 0 Å². The third-order valence-electron chi connectivity index (χ3n) is 4.95. The number of morpholine rings is 1. The molecule has 0 saturated carbocycles. The van der Waals surface area contributed by atoms with Gasteiger partial charge in [0.1, 0.15) is 17.0 Å². The lowest BCUT2D eigenvalue weighted by Gasteiger charge is -2.28. The summed E-state index contributed by atoms with van der Waals surface area (Å²) >= 11 is 0. The number of halogens is 1. The SMILES string of the molecule is COc1ncc(N2CCOCC2)cc1S(=O)Nc1ccnc(-c2ccc(C=O)cc2F)c1. The number of carbonyl (C=O) groups is 1. The molecule has 0 aliphatic carbocycles. The van der Waals surface area contributed by atoms with Crippen LogP contribution in [0, 0.1) is 5.82 Å². The first-order valence-corrected chi connectivity index (χ1v) is 11.0. The number of carbonyl (C=O) groups excluding carboxylic acids is 1. The Hall–Kier alpha value is -3.37. The molecule has 0 radical (unpaired) electrons. The molecule has 32 heavy (non-hydrogen) atoms. The third-order valence-corrected chi connectivity index (χ3v) is 6.06. The van der Waals surface area contributed by atoms with Gasteiger partial charge in [-0.1, -0.05) is 6.07 Å². The lowest BCUT2D eigenvalue weighted by molar-refractivity contribution is 0.112. The van der Waals surface area contributed by atoms with E-state index in [1.54, 1.807) is 24.4 Å². The fraction of sp³-hybridized carbons (Fsp3) is 0.227. The molecule has 1 aromatic carbocycles. The molecule has 1 aliphatic rings. The number of nitrogens with zero attached hydrogens (tertiary/aromatic N) is 3. The van der Waals surface area contributed by atoms with Gasteiger partial charge < -0.3 is 19.1 Å². The number of hydrogen-bond donors (Lipinski definition) is 1. The molecule has 2 aromatic heterocycles. The van der Waals surface area contributed by atoms with E-state index in [0.717, 1.165) is 24.8 Å². The molecule has 1 unspecified atom stereocenters. The number of hydrogen-bond acceptors (Lipinski definition) is 7. The average molecular weight is 456 g/mol. The highest BCUT2D eigenvalue weighted by molar-refractivity contribution is 7.86. The van der Waals surface area contributed by atoms with Gasteiger partial charge in [-0.25, -0.2) is 13.6 Å². The number of aldehydes is 1. The van der Waals surface area contributed by atoms with E-state index in [0.29, 0.717) is 35.8 Å². The summed E-state index contributed by atoms with van der Waals surface area (Å²) in [6, 6.07) is 9.14. The van der Waals surface area contributed by atoms with Gasteiger partial charge in [-0.3, -0.25) is 9.78 Å². The molecular weight excluding hydrogens is 435 g/mol. The van der Waals surface area contributed by atoms with Crippen LogP contribution in [-0.4, -0.2) is 53.9 Å². The number of aromatic nitrogens is 2. The maximum atomic E-state index is 14.4. The second-order valence-electron chi connectivity index (χ2n) is 6.96. The first-order chi connectivity index (χ1) is 15.6. The summed E-state index contributed by atoms with van der Waals surface area (Å²) in [6.07, 6.45) is 3.75. The summed E-state index contributed by atoms with van der Waals surface area (Å²) in [5.41, 5.74) is 2.12. The summed E-state index contributed by atoms with van der Waals surface area (Å²) in [4.78, 5) is 21.8. The molecule has 3 aromatic rings. The number of ether oxygens (including phenoxy) is 2. The molecule has 0 spiro atoms. The fourth-order valence-corrected chi connectivity index (χ4v) is 4.29. The van der Waals surface area contributed by atoms with Gasteiger partial charge in [0.05, 0.1) is 43.6 Å². The lowest BCUT2D eigenvalue weighted by Crippen LogP contribution is -2.36. The van der Waals surface area contributed by atoms with E-state index in [4.69, 9.17) is 9.47 Å². The molecule has 0 amide bonds. The molecule has 1 fully saturated rings. The Morgan fingerprint density at radius 3 is 2.72 bits per heavy atom. The van der Waals surface area contributed by atoms with Crippen LogP contribution < -0.4 is 14.4 Å². The van der Waals surface area contributed by atoms with E-state index in [1.807, 2.05) is 0 Å². The third kappa shape index (κ3) is 4.76. The Morgan fingerprint density at radius 1 is 1.19 bits per heavy atom. The standard InChI is InChI=1S/C22H21FN4O4S/c1-30-22-21(12-17(13-25-22)27-6-8-31-9-7-27)32(29)26-16-4-5-24-20(11-16)18-3-2-15(14-28)10-19(18)23/h2-5,10-14H,6-9H2,1H3,(H,24,26). The van der Waals surface area contributed by atoms with Crippen molar-refractivity contribution in [1.82, 2.24) is 9.97 Å². The van der Waals surface area contributed by atoms with Crippen LogP contribution >= 0.6 is 0 Å². The molecule has 1 atom stereocenters. The van der Waals surface area contributed by atoms with Crippen LogP contribution in [0.15, 0.2) is 53.7 Å². The van der Waals surface area contributed by atoms with Crippen molar-refractivity contribution in [3.63, 3.8) is 0 Å². The van der Waals surface area contributed by atoms with Crippen LogP contribution in [0.1, 0.15) is 10.4 Å².